The molecule has 118 valence electrons. The predicted molar refractivity (Wildman–Crippen MR) is 80.9 cm³/mol. The van der Waals surface area contributed by atoms with Crippen molar-refractivity contribution in [3.63, 3.8) is 0 Å². The van der Waals surface area contributed by atoms with Crippen LogP contribution in [0.25, 0.3) is 0 Å². The minimum absolute atomic E-state index is 0.0383. The number of hydrogen-bond donors (Lipinski definition) is 1. The second kappa shape index (κ2) is 8.22. The van der Waals surface area contributed by atoms with Crippen molar-refractivity contribution in [2.24, 2.45) is 5.73 Å². The summed E-state index contributed by atoms with van der Waals surface area (Å²) in [6.45, 7) is 7.05. The van der Waals surface area contributed by atoms with Gasteiger partial charge in [0.2, 0.25) is 0 Å². The number of benzene rings is 1. The van der Waals surface area contributed by atoms with Crippen molar-refractivity contribution in [1.82, 2.24) is 0 Å². The van der Waals surface area contributed by atoms with Crippen molar-refractivity contribution in [2.45, 2.75) is 32.4 Å². The van der Waals surface area contributed by atoms with E-state index in [2.05, 4.69) is 0 Å². The van der Waals surface area contributed by atoms with E-state index in [4.69, 9.17) is 24.7 Å². The van der Waals surface area contributed by atoms with E-state index >= 15 is 0 Å². The van der Waals surface area contributed by atoms with E-state index in [9.17, 15) is 0 Å². The normalized spacial score (nSPS) is 17.1. The molecule has 0 radical (unpaired) electrons. The van der Waals surface area contributed by atoms with E-state index in [-0.39, 0.29) is 12.1 Å². The Kier molecular flexibility index (Phi) is 6.29. The van der Waals surface area contributed by atoms with Gasteiger partial charge in [0.05, 0.1) is 38.6 Å². The Morgan fingerprint density at radius 2 is 1.95 bits per heavy atom. The first-order chi connectivity index (χ1) is 10.2. The lowest BCUT2D eigenvalue weighted by Crippen LogP contribution is -2.23. The summed E-state index contributed by atoms with van der Waals surface area (Å²) >= 11 is 0. The first kappa shape index (κ1) is 16.1. The van der Waals surface area contributed by atoms with E-state index < -0.39 is 0 Å². The first-order valence-corrected chi connectivity index (χ1v) is 7.55. The molecule has 5 nitrogen and oxygen atoms in total. The molecule has 0 spiro atoms. The summed E-state index contributed by atoms with van der Waals surface area (Å²) in [5.74, 6) is 1.55. The highest BCUT2D eigenvalue weighted by Gasteiger charge is 2.15. The van der Waals surface area contributed by atoms with Crippen LogP contribution in [0.2, 0.25) is 0 Å². The lowest BCUT2D eigenvalue weighted by atomic mass is 10.1. The van der Waals surface area contributed by atoms with E-state index in [1.807, 2.05) is 32.0 Å². The molecular weight excluding hydrogens is 270 g/mol. The zero-order chi connectivity index (χ0) is 15.1. The zero-order valence-corrected chi connectivity index (χ0v) is 12.8. The minimum Gasteiger partial charge on any atom is -0.490 e. The molecule has 2 atom stereocenters. The zero-order valence-electron chi connectivity index (χ0n) is 12.8. The minimum atomic E-state index is -0.189. The fraction of sp³-hybridized carbons (Fsp3) is 0.625. The Balaban J connectivity index is 1.90. The Hall–Kier alpha value is -1.30. The van der Waals surface area contributed by atoms with Gasteiger partial charge in [0.1, 0.15) is 0 Å². The van der Waals surface area contributed by atoms with E-state index in [1.165, 1.54) is 0 Å². The largest absolute Gasteiger partial charge is 0.490 e. The summed E-state index contributed by atoms with van der Waals surface area (Å²) in [5, 5.41) is 0. The number of hydrogen-bond acceptors (Lipinski definition) is 5. The monoisotopic (exact) mass is 295 g/mol. The van der Waals surface area contributed by atoms with Gasteiger partial charge in [-0.1, -0.05) is 6.07 Å². The van der Waals surface area contributed by atoms with Crippen LogP contribution in [-0.4, -0.2) is 39.1 Å². The molecule has 2 rings (SSSR count). The molecule has 0 saturated heterocycles. The van der Waals surface area contributed by atoms with E-state index in [0.29, 0.717) is 33.0 Å². The summed E-state index contributed by atoms with van der Waals surface area (Å²) in [7, 11) is 0. The molecule has 1 aromatic carbocycles. The smallest absolute Gasteiger partial charge is 0.161 e. The van der Waals surface area contributed by atoms with Crippen LogP contribution in [0, 0.1) is 0 Å². The van der Waals surface area contributed by atoms with Crippen LogP contribution < -0.4 is 15.2 Å². The maximum absolute atomic E-state index is 6.18. The third-order valence-electron chi connectivity index (χ3n) is 3.32. The Bertz CT molecular complexity index is 438. The van der Waals surface area contributed by atoms with Gasteiger partial charge in [0.25, 0.3) is 0 Å². The highest BCUT2D eigenvalue weighted by atomic mass is 16.5. The van der Waals surface area contributed by atoms with E-state index in [0.717, 1.165) is 23.5 Å². The molecule has 0 saturated carbocycles. The number of fused-ring (bicyclic) bond motifs is 1. The Morgan fingerprint density at radius 1 is 1.19 bits per heavy atom. The average molecular weight is 295 g/mol. The fourth-order valence-electron chi connectivity index (χ4n) is 2.11. The SMILES string of the molecule is CCOCC(C)OCC(N)c1ccc2c(c1)OCCCO2. The number of rotatable bonds is 7. The maximum Gasteiger partial charge on any atom is 0.161 e. The van der Waals surface area contributed by atoms with Crippen LogP contribution in [-0.2, 0) is 9.47 Å². The summed E-state index contributed by atoms with van der Waals surface area (Å²) in [5.41, 5.74) is 7.17. The van der Waals surface area contributed by atoms with Gasteiger partial charge in [-0.05, 0) is 31.5 Å². The standard InChI is InChI=1S/C16H25NO4/c1-3-18-10-12(2)21-11-14(17)13-5-6-15-16(9-13)20-8-4-7-19-15/h5-6,9,12,14H,3-4,7-8,10-11,17H2,1-2H3. The van der Waals surface area contributed by atoms with Crippen molar-refractivity contribution < 1.29 is 18.9 Å². The second-order valence-electron chi connectivity index (χ2n) is 5.17. The lowest BCUT2D eigenvalue weighted by molar-refractivity contribution is -0.00837. The average Bonchev–Trinajstić information content (AvgIpc) is 2.74. The lowest BCUT2D eigenvalue weighted by Gasteiger charge is -2.18. The fourth-order valence-corrected chi connectivity index (χ4v) is 2.11. The predicted octanol–water partition coefficient (Wildman–Crippen LogP) is 2.29. The van der Waals surface area contributed by atoms with Crippen LogP contribution in [0.15, 0.2) is 18.2 Å². The molecule has 0 aromatic heterocycles. The molecule has 1 aromatic rings. The van der Waals surface area contributed by atoms with Gasteiger partial charge in [-0.15, -0.1) is 0 Å². The van der Waals surface area contributed by atoms with Crippen molar-refractivity contribution >= 4 is 0 Å². The summed E-state index contributed by atoms with van der Waals surface area (Å²) in [4.78, 5) is 0. The van der Waals surface area contributed by atoms with E-state index in [1.54, 1.807) is 0 Å². The third kappa shape index (κ3) is 4.88. The Morgan fingerprint density at radius 3 is 2.71 bits per heavy atom. The van der Waals surface area contributed by atoms with Crippen molar-refractivity contribution in [2.75, 3.05) is 33.0 Å². The molecule has 0 fully saturated rings. The highest BCUT2D eigenvalue weighted by molar-refractivity contribution is 5.44. The Labute approximate surface area is 126 Å². The molecule has 1 aliphatic heterocycles. The van der Waals surface area contributed by atoms with Gasteiger partial charge in [-0.3, -0.25) is 0 Å². The first-order valence-electron chi connectivity index (χ1n) is 7.55. The van der Waals surface area contributed by atoms with Crippen LogP contribution in [0.5, 0.6) is 11.5 Å². The number of nitrogens with two attached hydrogens (primary N) is 1. The maximum atomic E-state index is 6.18. The van der Waals surface area contributed by atoms with Gasteiger partial charge >= 0.3 is 0 Å². The second-order valence-corrected chi connectivity index (χ2v) is 5.17. The van der Waals surface area contributed by atoms with Gasteiger partial charge in [0, 0.05) is 13.0 Å². The molecule has 0 amide bonds. The van der Waals surface area contributed by atoms with Crippen molar-refractivity contribution in [1.29, 1.82) is 0 Å². The third-order valence-corrected chi connectivity index (χ3v) is 3.32. The van der Waals surface area contributed by atoms with Crippen LogP contribution in [0.3, 0.4) is 0 Å². The molecular formula is C16H25NO4. The molecule has 21 heavy (non-hydrogen) atoms. The van der Waals surface area contributed by atoms with Crippen LogP contribution in [0.1, 0.15) is 31.9 Å². The topological polar surface area (TPSA) is 62.9 Å². The summed E-state index contributed by atoms with van der Waals surface area (Å²) in [6, 6.07) is 5.64. The molecule has 2 N–H and O–H groups in total. The molecule has 5 heteroatoms. The van der Waals surface area contributed by atoms with Crippen LogP contribution in [0.4, 0.5) is 0 Å². The van der Waals surface area contributed by atoms with Gasteiger partial charge in [-0.2, -0.15) is 0 Å². The number of ether oxygens (including phenoxy) is 4. The highest BCUT2D eigenvalue weighted by Crippen LogP contribution is 2.31. The summed E-state index contributed by atoms with van der Waals surface area (Å²) < 4.78 is 22.3. The van der Waals surface area contributed by atoms with Crippen LogP contribution >= 0.6 is 0 Å². The molecule has 0 bridgehead atoms. The van der Waals surface area contributed by atoms with Crippen molar-refractivity contribution in [3.05, 3.63) is 23.8 Å². The van der Waals surface area contributed by atoms with Gasteiger partial charge in [-0.25, -0.2) is 0 Å². The molecule has 1 heterocycles. The molecule has 1 aliphatic rings. The van der Waals surface area contributed by atoms with Gasteiger partial charge in [0.15, 0.2) is 11.5 Å². The quantitative estimate of drug-likeness (QED) is 0.836. The molecule has 0 aliphatic carbocycles. The molecule has 2 unspecified atom stereocenters. The van der Waals surface area contributed by atoms with Gasteiger partial charge < -0.3 is 24.7 Å². The summed E-state index contributed by atoms with van der Waals surface area (Å²) in [6.07, 6.45) is 0.935. The van der Waals surface area contributed by atoms with Crippen molar-refractivity contribution in [3.8, 4) is 11.5 Å².